The molecule has 0 aliphatic carbocycles. The molecule has 0 aliphatic rings. The molecular weight excluding hydrogens is 214 g/mol. The van der Waals surface area contributed by atoms with Crippen molar-refractivity contribution in [2.24, 2.45) is 5.92 Å². The van der Waals surface area contributed by atoms with Crippen LogP contribution in [0.4, 0.5) is 5.69 Å². The van der Waals surface area contributed by atoms with Gasteiger partial charge in [-0.25, -0.2) is 0 Å². The Morgan fingerprint density at radius 1 is 1.29 bits per heavy atom. The first-order valence-electron chi connectivity index (χ1n) is 5.85. The molecule has 17 heavy (non-hydrogen) atoms. The topological polar surface area (TPSA) is 63.3 Å². The monoisotopic (exact) mass is 237 g/mol. The van der Waals surface area contributed by atoms with Crippen LogP contribution in [-0.4, -0.2) is 11.1 Å². The zero-order valence-electron chi connectivity index (χ0n) is 11.4. The first-order chi connectivity index (χ1) is 7.79. The SMILES string of the molecule is CCC(C)C(=O)O.Cc1cc(C)c(N)c(C)c1. The minimum Gasteiger partial charge on any atom is -0.481 e. The molecule has 3 nitrogen and oxygen atoms in total. The number of anilines is 1. The third-order valence-corrected chi connectivity index (χ3v) is 2.77. The van der Waals surface area contributed by atoms with Gasteiger partial charge in [0.25, 0.3) is 0 Å². The van der Waals surface area contributed by atoms with E-state index in [2.05, 4.69) is 19.1 Å². The number of benzene rings is 1. The van der Waals surface area contributed by atoms with Crippen LogP contribution >= 0.6 is 0 Å². The zero-order chi connectivity index (χ0) is 13.6. The van der Waals surface area contributed by atoms with Crippen LogP contribution in [0, 0.1) is 26.7 Å². The molecule has 1 atom stereocenters. The smallest absolute Gasteiger partial charge is 0.306 e. The van der Waals surface area contributed by atoms with Gasteiger partial charge in [0.2, 0.25) is 0 Å². The average molecular weight is 237 g/mol. The van der Waals surface area contributed by atoms with Crippen molar-refractivity contribution in [2.75, 3.05) is 5.73 Å². The number of hydrogen-bond acceptors (Lipinski definition) is 2. The Kier molecular flexibility index (Phi) is 6.33. The fourth-order valence-electron chi connectivity index (χ4n) is 1.37. The van der Waals surface area contributed by atoms with Crippen molar-refractivity contribution in [1.29, 1.82) is 0 Å². The van der Waals surface area contributed by atoms with Crippen LogP contribution in [-0.2, 0) is 4.79 Å². The summed E-state index contributed by atoms with van der Waals surface area (Å²) in [6.45, 7) is 9.71. The molecule has 0 saturated carbocycles. The standard InChI is InChI=1S/C9H13N.C5H10O2/c1-6-4-7(2)9(10)8(3)5-6;1-3-4(2)5(6)7/h4-5H,10H2,1-3H3;4H,3H2,1-2H3,(H,6,7). The number of nitrogens with two attached hydrogens (primary N) is 1. The molecule has 1 aromatic carbocycles. The lowest BCUT2D eigenvalue weighted by atomic mass is 10.1. The summed E-state index contributed by atoms with van der Waals surface area (Å²) < 4.78 is 0. The van der Waals surface area contributed by atoms with E-state index in [1.54, 1.807) is 6.92 Å². The van der Waals surface area contributed by atoms with Crippen molar-refractivity contribution in [3.63, 3.8) is 0 Å². The lowest BCUT2D eigenvalue weighted by Crippen LogP contribution is -2.06. The highest BCUT2D eigenvalue weighted by Gasteiger charge is 2.05. The molecule has 0 aromatic heterocycles. The normalized spacial score (nSPS) is 11.4. The van der Waals surface area contributed by atoms with Gasteiger partial charge >= 0.3 is 5.97 Å². The largest absolute Gasteiger partial charge is 0.481 e. The van der Waals surface area contributed by atoms with Gasteiger partial charge < -0.3 is 10.8 Å². The molecule has 0 aliphatic heterocycles. The third kappa shape index (κ3) is 5.38. The molecule has 0 bridgehead atoms. The Bertz CT molecular complexity index is 363. The van der Waals surface area contributed by atoms with Crippen LogP contribution in [0.25, 0.3) is 0 Å². The Hall–Kier alpha value is -1.51. The molecule has 96 valence electrons. The quantitative estimate of drug-likeness (QED) is 0.776. The second kappa shape index (κ2) is 6.94. The molecule has 0 fully saturated rings. The second-order valence-electron chi connectivity index (χ2n) is 4.46. The van der Waals surface area contributed by atoms with E-state index in [9.17, 15) is 4.79 Å². The van der Waals surface area contributed by atoms with Gasteiger partial charge in [0.15, 0.2) is 0 Å². The van der Waals surface area contributed by atoms with Crippen molar-refractivity contribution in [3.05, 3.63) is 28.8 Å². The van der Waals surface area contributed by atoms with E-state index in [1.807, 2.05) is 20.8 Å². The Morgan fingerprint density at radius 2 is 1.71 bits per heavy atom. The third-order valence-electron chi connectivity index (χ3n) is 2.77. The zero-order valence-corrected chi connectivity index (χ0v) is 11.4. The number of aryl methyl sites for hydroxylation is 3. The van der Waals surface area contributed by atoms with Crippen molar-refractivity contribution in [2.45, 2.75) is 41.0 Å². The first kappa shape index (κ1) is 15.5. The van der Waals surface area contributed by atoms with Crippen molar-refractivity contribution >= 4 is 11.7 Å². The van der Waals surface area contributed by atoms with Crippen molar-refractivity contribution in [3.8, 4) is 0 Å². The molecule has 0 radical (unpaired) electrons. The fraction of sp³-hybridized carbons (Fsp3) is 0.500. The van der Waals surface area contributed by atoms with E-state index in [0.29, 0.717) is 0 Å². The highest BCUT2D eigenvalue weighted by molar-refractivity contribution is 5.69. The fourth-order valence-corrected chi connectivity index (χ4v) is 1.37. The Morgan fingerprint density at radius 3 is 1.94 bits per heavy atom. The van der Waals surface area contributed by atoms with Crippen molar-refractivity contribution < 1.29 is 9.90 Å². The van der Waals surface area contributed by atoms with Gasteiger partial charge in [-0.15, -0.1) is 0 Å². The summed E-state index contributed by atoms with van der Waals surface area (Å²) in [7, 11) is 0. The molecule has 0 heterocycles. The summed E-state index contributed by atoms with van der Waals surface area (Å²) in [6, 6.07) is 4.20. The molecule has 0 spiro atoms. The predicted molar refractivity (Wildman–Crippen MR) is 72.2 cm³/mol. The number of aliphatic carboxylic acids is 1. The highest BCUT2D eigenvalue weighted by atomic mass is 16.4. The number of carboxylic acid groups (broad SMARTS) is 1. The van der Waals surface area contributed by atoms with E-state index >= 15 is 0 Å². The minimum atomic E-state index is -0.706. The average Bonchev–Trinajstić information content (AvgIpc) is 2.25. The van der Waals surface area contributed by atoms with Crippen LogP contribution in [0.1, 0.15) is 37.0 Å². The van der Waals surface area contributed by atoms with E-state index in [0.717, 1.165) is 12.1 Å². The van der Waals surface area contributed by atoms with E-state index in [-0.39, 0.29) is 5.92 Å². The molecule has 1 rings (SSSR count). The molecule has 1 aromatic rings. The maximum Gasteiger partial charge on any atom is 0.306 e. The summed E-state index contributed by atoms with van der Waals surface area (Å²) in [5.41, 5.74) is 10.3. The van der Waals surface area contributed by atoms with Gasteiger partial charge in [-0.3, -0.25) is 4.79 Å². The highest BCUT2D eigenvalue weighted by Crippen LogP contribution is 2.17. The second-order valence-corrected chi connectivity index (χ2v) is 4.46. The first-order valence-corrected chi connectivity index (χ1v) is 5.85. The van der Waals surface area contributed by atoms with Gasteiger partial charge in [0.05, 0.1) is 5.92 Å². The number of hydrogen-bond donors (Lipinski definition) is 2. The van der Waals surface area contributed by atoms with Crippen LogP contribution < -0.4 is 5.73 Å². The molecule has 3 heteroatoms. The molecule has 0 amide bonds. The molecule has 0 saturated heterocycles. The van der Waals surface area contributed by atoms with Gasteiger partial charge in [0.1, 0.15) is 0 Å². The summed E-state index contributed by atoms with van der Waals surface area (Å²) >= 11 is 0. The number of carboxylic acids is 1. The molecular formula is C14H23NO2. The van der Waals surface area contributed by atoms with E-state index in [4.69, 9.17) is 10.8 Å². The van der Waals surface area contributed by atoms with Crippen LogP contribution in [0.5, 0.6) is 0 Å². The van der Waals surface area contributed by atoms with Gasteiger partial charge in [-0.1, -0.05) is 31.5 Å². The number of rotatable bonds is 2. The van der Waals surface area contributed by atoms with E-state index < -0.39 is 5.97 Å². The van der Waals surface area contributed by atoms with Gasteiger partial charge in [-0.05, 0) is 38.3 Å². The molecule has 1 unspecified atom stereocenters. The lowest BCUT2D eigenvalue weighted by molar-refractivity contribution is -0.141. The number of carbonyl (C=O) groups is 1. The maximum atomic E-state index is 9.93. The Labute approximate surface area is 104 Å². The summed E-state index contributed by atoms with van der Waals surface area (Å²) in [4.78, 5) is 9.93. The summed E-state index contributed by atoms with van der Waals surface area (Å²) in [5, 5.41) is 8.18. The van der Waals surface area contributed by atoms with Crippen LogP contribution in [0.15, 0.2) is 12.1 Å². The van der Waals surface area contributed by atoms with E-state index in [1.165, 1.54) is 16.7 Å². The summed E-state index contributed by atoms with van der Waals surface area (Å²) in [5.74, 6) is -0.887. The van der Waals surface area contributed by atoms with Gasteiger partial charge in [-0.2, -0.15) is 0 Å². The molecule has 3 N–H and O–H groups in total. The van der Waals surface area contributed by atoms with Gasteiger partial charge in [0, 0.05) is 5.69 Å². The maximum absolute atomic E-state index is 9.93. The minimum absolute atomic E-state index is 0.181. The van der Waals surface area contributed by atoms with Crippen LogP contribution in [0.2, 0.25) is 0 Å². The lowest BCUT2D eigenvalue weighted by Gasteiger charge is -2.04. The Balaban J connectivity index is 0.000000325. The van der Waals surface area contributed by atoms with Crippen LogP contribution in [0.3, 0.4) is 0 Å². The predicted octanol–water partition coefficient (Wildman–Crippen LogP) is 3.31. The summed E-state index contributed by atoms with van der Waals surface area (Å²) in [6.07, 6.45) is 0.718. The van der Waals surface area contributed by atoms with Crippen molar-refractivity contribution in [1.82, 2.24) is 0 Å². The number of nitrogen functional groups attached to an aromatic ring is 1.